The molecule has 114 valence electrons. The number of amides is 2. The molecule has 1 aliphatic heterocycles. The number of benzene rings is 1. The van der Waals surface area contributed by atoms with Crippen molar-refractivity contribution in [3.05, 3.63) is 28.2 Å². The topological polar surface area (TPSA) is 58.2 Å². The molecule has 0 aromatic heterocycles. The highest BCUT2D eigenvalue weighted by atomic mass is 79.9. The lowest BCUT2D eigenvalue weighted by atomic mass is 10.1. The van der Waals surface area contributed by atoms with E-state index in [1.54, 1.807) is 0 Å². The first-order chi connectivity index (χ1) is 10.1. The van der Waals surface area contributed by atoms with E-state index >= 15 is 0 Å². The summed E-state index contributed by atoms with van der Waals surface area (Å²) in [5.41, 5.74) is 1.13. The molecule has 1 heterocycles. The van der Waals surface area contributed by atoms with E-state index in [-0.39, 0.29) is 17.9 Å². The van der Waals surface area contributed by atoms with Crippen LogP contribution >= 0.6 is 27.7 Å². The van der Waals surface area contributed by atoms with Gasteiger partial charge in [-0.25, -0.2) is 0 Å². The Kier molecular flexibility index (Phi) is 6.11. The summed E-state index contributed by atoms with van der Waals surface area (Å²) in [5.74, 6) is 0.168. The molecule has 4 nitrogen and oxygen atoms in total. The van der Waals surface area contributed by atoms with Crippen molar-refractivity contribution in [2.75, 3.05) is 12.3 Å². The van der Waals surface area contributed by atoms with Gasteiger partial charge in [-0.2, -0.15) is 0 Å². The molecule has 0 radical (unpaired) electrons. The second kappa shape index (κ2) is 7.84. The summed E-state index contributed by atoms with van der Waals surface area (Å²) in [6.45, 7) is 2.72. The Bertz CT molecular complexity index is 536. The van der Waals surface area contributed by atoms with Gasteiger partial charge in [0.2, 0.25) is 11.8 Å². The Morgan fingerprint density at radius 2 is 2.29 bits per heavy atom. The van der Waals surface area contributed by atoms with Gasteiger partial charge in [-0.3, -0.25) is 9.59 Å². The van der Waals surface area contributed by atoms with Crippen LogP contribution in [0, 0.1) is 6.92 Å². The van der Waals surface area contributed by atoms with E-state index in [2.05, 4.69) is 26.6 Å². The van der Waals surface area contributed by atoms with E-state index < -0.39 is 0 Å². The third-order valence-corrected chi connectivity index (χ3v) is 5.04. The molecule has 1 fully saturated rings. The number of carbonyl (C=O) groups excluding carboxylic acids is 2. The van der Waals surface area contributed by atoms with Gasteiger partial charge in [0.25, 0.3) is 0 Å². The van der Waals surface area contributed by atoms with Crippen molar-refractivity contribution in [2.45, 2.75) is 37.1 Å². The molecule has 1 aromatic carbocycles. The second-order valence-corrected chi connectivity index (χ2v) is 7.04. The summed E-state index contributed by atoms with van der Waals surface area (Å²) in [6, 6.07) is 5.60. The predicted octanol–water partition coefficient (Wildman–Crippen LogP) is 2.63. The Balaban J connectivity index is 1.85. The first-order valence-electron chi connectivity index (χ1n) is 7.02. The largest absolute Gasteiger partial charge is 0.354 e. The first kappa shape index (κ1) is 16.4. The van der Waals surface area contributed by atoms with E-state index in [1.165, 1.54) is 11.8 Å². The van der Waals surface area contributed by atoms with Crippen LogP contribution in [0.15, 0.2) is 27.6 Å². The van der Waals surface area contributed by atoms with Crippen LogP contribution in [0.2, 0.25) is 0 Å². The summed E-state index contributed by atoms with van der Waals surface area (Å²) in [7, 11) is 0. The van der Waals surface area contributed by atoms with Gasteiger partial charge >= 0.3 is 0 Å². The van der Waals surface area contributed by atoms with Crippen LogP contribution in [-0.4, -0.2) is 30.2 Å². The molecule has 1 atom stereocenters. The van der Waals surface area contributed by atoms with Crippen LogP contribution < -0.4 is 10.6 Å². The van der Waals surface area contributed by atoms with Crippen molar-refractivity contribution in [3.8, 4) is 0 Å². The maximum Gasteiger partial charge on any atom is 0.242 e. The van der Waals surface area contributed by atoms with Crippen LogP contribution in [0.25, 0.3) is 0 Å². The fraction of sp³-hybridized carbons (Fsp3) is 0.467. The van der Waals surface area contributed by atoms with Crippen LogP contribution in [0.1, 0.15) is 24.8 Å². The van der Waals surface area contributed by atoms with E-state index in [9.17, 15) is 9.59 Å². The Morgan fingerprint density at radius 3 is 3.05 bits per heavy atom. The molecular formula is C15H19BrN2O2S. The van der Waals surface area contributed by atoms with Gasteiger partial charge in [-0.1, -0.05) is 15.9 Å². The van der Waals surface area contributed by atoms with Crippen molar-refractivity contribution in [3.63, 3.8) is 0 Å². The predicted molar refractivity (Wildman–Crippen MR) is 88.4 cm³/mol. The summed E-state index contributed by atoms with van der Waals surface area (Å²) in [4.78, 5) is 24.9. The van der Waals surface area contributed by atoms with Crippen molar-refractivity contribution >= 4 is 39.5 Å². The average molecular weight is 371 g/mol. The van der Waals surface area contributed by atoms with Crippen LogP contribution in [0.4, 0.5) is 0 Å². The number of hydrogen-bond donors (Lipinski definition) is 2. The quantitative estimate of drug-likeness (QED) is 0.800. The first-order valence-corrected chi connectivity index (χ1v) is 8.80. The number of thioether (sulfide) groups is 1. The van der Waals surface area contributed by atoms with Crippen LogP contribution in [0.5, 0.6) is 0 Å². The Labute approximate surface area is 137 Å². The molecular weight excluding hydrogens is 352 g/mol. The molecule has 2 N–H and O–H groups in total. The summed E-state index contributed by atoms with van der Waals surface area (Å²) >= 11 is 4.92. The standard InChI is InChI=1S/C15H19BrN2O2S/c1-10-8-11(16)5-6-13(10)21-9-14(19)18-12-4-2-3-7-17-15(12)20/h5-6,8,12H,2-4,7,9H2,1H3,(H,17,20)(H,18,19). The van der Waals surface area contributed by atoms with Gasteiger partial charge in [0.05, 0.1) is 5.75 Å². The van der Waals surface area contributed by atoms with Crippen molar-refractivity contribution in [1.29, 1.82) is 0 Å². The summed E-state index contributed by atoms with van der Waals surface area (Å²) in [5, 5.41) is 5.65. The lowest BCUT2D eigenvalue weighted by Crippen LogP contribution is -2.46. The van der Waals surface area contributed by atoms with Gasteiger partial charge in [0, 0.05) is 15.9 Å². The zero-order valence-electron chi connectivity index (χ0n) is 11.9. The molecule has 1 aromatic rings. The molecule has 0 spiro atoms. The fourth-order valence-corrected chi connectivity index (χ4v) is 3.53. The molecule has 1 aliphatic rings. The molecule has 21 heavy (non-hydrogen) atoms. The minimum absolute atomic E-state index is 0.0642. The molecule has 1 unspecified atom stereocenters. The molecule has 0 bridgehead atoms. The number of nitrogens with one attached hydrogen (secondary N) is 2. The SMILES string of the molecule is Cc1cc(Br)ccc1SCC(=O)NC1CCCCNC1=O. The average Bonchev–Trinajstić information content (AvgIpc) is 2.63. The molecule has 2 amide bonds. The normalized spacial score (nSPS) is 18.8. The minimum atomic E-state index is -0.383. The summed E-state index contributed by atoms with van der Waals surface area (Å²) < 4.78 is 1.03. The van der Waals surface area contributed by atoms with Gasteiger partial charge < -0.3 is 10.6 Å². The molecule has 1 saturated heterocycles. The zero-order chi connectivity index (χ0) is 15.2. The lowest BCUT2D eigenvalue weighted by Gasteiger charge is -2.15. The van der Waals surface area contributed by atoms with E-state index in [0.29, 0.717) is 12.3 Å². The van der Waals surface area contributed by atoms with E-state index in [4.69, 9.17) is 0 Å². The lowest BCUT2D eigenvalue weighted by molar-refractivity contribution is -0.127. The number of rotatable bonds is 4. The highest BCUT2D eigenvalue weighted by molar-refractivity contribution is 9.10. The smallest absolute Gasteiger partial charge is 0.242 e. The monoisotopic (exact) mass is 370 g/mol. The molecule has 6 heteroatoms. The molecule has 0 saturated carbocycles. The molecule has 2 rings (SSSR count). The number of hydrogen-bond acceptors (Lipinski definition) is 3. The Morgan fingerprint density at radius 1 is 1.48 bits per heavy atom. The van der Waals surface area contributed by atoms with Crippen molar-refractivity contribution in [2.24, 2.45) is 0 Å². The number of halogens is 1. The van der Waals surface area contributed by atoms with Crippen LogP contribution in [0.3, 0.4) is 0 Å². The maximum atomic E-state index is 12.0. The maximum absolute atomic E-state index is 12.0. The van der Waals surface area contributed by atoms with Gasteiger partial charge in [-0.15, -0.1) is 11.8 Å². The molecule has 0 aliphatic carbocycles. The number of carbonyl (C=O) groups is 2. The third kappa shape index (κ3) is 5.04. The zero-order valence-corrected chi connectivity index (χ0v) is 14.4. The fourth-order valence-electron chi connectivity index (χ4n) is 2.23. The highest BCUT2D eigenvalue weighted by Crippen LogP contribution is 2.25. The number of aryl methyl sites for hydroxylation is 1. The third-order valence-electron chi connectivity index (χ3n) is 3.37. The summed E-state index contributed by atoms with van der Waals surface area (Å²) in [6.07, 6.45) is 2.66. The van der Waals surface area contributed by atoms with Crippen molar-refractivity contribution < 1.29 is 9.59 Å². The minimum Gasteiger partial charge on any atom is -0.354 e. The van der Waals surface area contributed by atoms with E-state index in [0.717, 1.165) is 34.2 Å². The Hall–Kier alpha value is -1.01. The highest BCUT2D eigenvalue weighted by Gasteiger charge is 2.22. The van der Waals surface area contributed by atoms with Crippen molar-refractivity contribution in [1.82, 2.24) is 10.6 Å². The van der Waals surface area contributed by atoms with Gasteiger partial charge in [0.1, 0.15) is 6.04 Å². The second-order valence-electron chi connectivity index (χ2n) is 5.11. The van der Waals surface area contributed by atoms with E-state index in [1.807, 2.05) is 25.1 Å². The van der Waals surface area contributed by atoms with Gasteiger partial charge in [-0.05, 0) is 49.9 Å². The van der Waals surface area contributed by atoms with Gasteiger partial charge in [0.15, 0.2) is 0 Å². The van der Waals surface area contributed by atoms with Crippen LogP contribution in [-0.2, 0) is 9.59 Å².